The van der Waals surface area contributed by atoms with Gasteiger partial charge in [-0.25, -0.2) is 4.98 Å². The SMILES string of the molecule is CC(C)CNCc1cncn1C(C)c1ccc(Cl)cc1Cl. The minimum atomic E-state index is 0.119. The van der Waals surface area contributed by atoms with Crippen LogP contribution >= 0.6 is 23.2 Å². The Labute approximate surface area is 136 Å². The van der Waals surface area contributed by atoms with Crippen molar-refractivity contribution in [2.75, 3.05) is 6.54 Å². The van der Waals surface area contributed by atoms with Crippen LogP contribution in [0.25, 0.3) is 0 Å². The lowest BCUT2D eigenvalue weighted by Gasteiger charge is -2.19. The van der Waals surface area contributed by atoms with Crippen molar-refractivity contribution < 1.29 is 0 Å². The molecule has 0 aliphatic carbocycles. The maximum absolute atomic E-state index is 6.31. The molecule has 5 heteroatoms. The number of hydrogen-bond acceptors (Lipinski definition) is 2. The molecule has 0 saturated carbocycles. The first-order chi connectivity index (χ1) is 9.99. The Hall–Kier alpha value is -1.03. The van der Waals surface area contributed by atoms with Gasteiger partial charge in [-0.1, -0.05) is 43.1 Å². The van der Waals surface area contributed by atoms with E-state index in [-0.39, 0.29) is 6.04 Å². The number of nitrogens with one attached hydrogen (secondary N) is 1. The predicted octanol–water partition coefficient (Wildman–Crippen LogP) is 4.54. The molecule has 1 atom stereocenters. The molecule has 2 aromatic rings. The van der Waals surface area contributed by atoms with Crippen LogP contribution in [0, 0.1) is 5.92 Å². The summed E-state index contributed by atoms with van der Waals surface area (Å²) in [5.74, 6) is 0.629. The predicted molar refractivity (Wildman–Crippen MR) is 89.0 cm³/mol. The molecule has 1 heterocycles. The second kappa shape index (κ2) is 7.30. The Morgan fingerprint density at radius 1 is 1.24 bits per heavy atom. The van der Waals surface area contributed by atoms with Crippen molar-refractivity contribution in [1.29, 1.82) is 0 Å². The number of rotatable bonds is 6. The highest BCUT2D eigenvalue weighted by Crippen LogP contribution is 2.29. The lowest BCUT2D eigenvalue weighted by atomic mass is 10.1. The van der Waals surface area contributed by atoms with Crippen molar-refractivity contribution in [3.8, 4) is 0 Å². The van der Waals surface area contributed by atoms with Crippen molar-refractivity contribution in [1.82, 2.24) is 14.9 Å². The van der Waals surface area contributed by atoms with E-state index in [1.165, 1.54) is 0 Å². The second-order valence-corrected chi connectivity index (χ2v) is 6.50. The summed E-state index contributed by atoms with van der Waals surface area (Å²) in [5.41, 5.74) is 2.19. The first-order valence-electron chi connectivity index (χ1n) is 7.15. The molecule has 2 rings (SSSR count). The van der Waals surface area contributed by atoms with Gasteiger partial charge in [-0.15, -0.1) is 0 Å². The monoisotopic (exact) mass is 325 g/mol. The molecule has 0 fully saturated rings. The van der Waals surface area contributed by atoms with E-state index in [1.807, 2.05) is 24.7 Å². The van der Waals surface area contributed by atoms with Gasteiger partial charge in [-0.3, -0.25) is 0 Å². The zero-order valence-electron chi connectivity index (χ0n) is 12.6. The molecule has 1 N–H and O–H groups in total. The molecule has 114 valence electrons. The van der Waals surface area contributed by atoms with E-state index in [0.29, 0.717) is 16.0 Å². The van der Waals surface area contributed by atoms with Gasteiger partial charge in [-0.05, 0) is 37.1 Å². The Morgan fingerprint density at radius 3 is 2.67 bits per heavy atom. The highest BCUT2D eigenvalue weighted by Gasteiger charge is 2.14. The minimum Gasteiger partial charge on any atom is -0.326 e. The van der Waals surface area contributed by atoms with Gasteiger partial charge in [0.25, 0.3) is 0 Å². The van der Waals surface area contributed by atoms with E-state index in [1.54, 1.807) is 6.07 Å². The van der Waals surface area contributed by atoms with Gasteiger partial charge in [0.15, 0.2) is 0 Å². The maximum Gasteiger partial charge on any atom is 0.0954 e. The van der Waals surface area contributed by atoms with Crippen LogP contribution in [0.5, 0.6) is 0 Å². The third-order valence-corrected chi connectivity index (χ3v) is 4.00. The summed E-state index contributed by atoms with van der Waals surface area (Å²) in [4.78, 5) is 4.27. The molecule has 0 radical (unpaired) electrons. The highest BCUT2D eigenvalue weighted by atomic mass is 35.5. The molecule has 0 bridgehead atoms. The van der Waals surface area contributed by atoms with Crippen molar-refractivity contribution in [2.24, 2.45) is 5.92 Å². The molecular formula is C16H21Cl2N3. The average molecular weight is 326 g/mol. The third kappa shape index (κ3) is 4.22. The topological polar surface area (TPSA) is 29.9 Å². The molecule has 0 aliphatic heterocycles. The van der Waals surface area contributed by atoms with Crippen molar-refractivity contribution >= 4 is 23.2 Å². The van der Waals surface area contributed by atoms with Crippen LogP contribution in [-0.4, -0.2) is 16.1 Å². The quantitative estimate of drug-likeness (QED) is 0.844. The number of aromatic nitrogens is 2. The van der Waals surface area contributed by atoms with E-state index in [9.17, 15) is 0 Å². The summed E-state index contributed by atoms with van der Waals surface area (Å²) in [6.45, 7) is 8.29. The van der Waals surface area contributed by atoms with Gasteiger partial charge in [0, 0.05) is 22.8 Å². The molecule has 1 unspecified atom stereocenters. The molecular weight excluding hydrogens is 305 g/mol. The summed E-state index contributed by atoms with van der Waals surface area (Å²) in [6.07, 6.45) is 3.75. The summed E-state index contributed by atoms with van der Waals surface area (Å²) >= 11 is 12.3. The summed E-state index contributed by atoms with van der Waals surface area (Å²) in [7, 11) is 0. The minimum absolute atomic E-state index is 0.119. The first kappa shape index (κ1) is 16.3. The summed E-state index contributed by atoms with van der Waals surface area (Å²) < 4.78 is 2.14. The molecule has 0 spiro atoms. The third-order valence-electron chi connectivity index (χ3n) is 3.43. The standard InChI is InChI=1S/C16H21Cl2N3/c1-11(2)7-19-8-14-9-20-10-21(14)12(3)15-5-4-13(17)6-16(15)18/h4-6,9-12,19H,7-8H2,1-3H3. The van der Waals surface area contributed by atoms with Crippen molar-refractivity contribution in [2.45, 2.75) is 33.4 Å². The Balaban J connectivity index is 2.16. The Morgan fingerprint density at radius 2 is 2.00 bits per heavy atom. The first-order valence-corrected chi connectivity index (χ1v) is 7.91. The second-order valence-electron chi connectivity index (χ2n) is 5.66. The van der Waals surface area contributed by atoms with Crippen LogP contribution in [0.4, 0.5) is 0 Å². The van der Waals surface area contributed by atoms with Gasteiger partial charge in [0.1, 0.15) is 0 Å². The average Bonchev–Trinajstić information content (AvgIpc) is 2.86. The van der Waals surface area contributed by atoms with Gasteiger partial charge in [-0.2, -0.15) is 0 Å². The highest BCUT2D eigenvalue weighted by molar-refractivity contribution is 6.35. The molecule has 3 nitrogen and oxygen atoms in total. The summed E-state index contributed by atoms with van der Waals surface area (Å²) in [5, 5.41) is 4.78. The number of halogens is 2. The number of hydrogen-bond donors (Lipinski definition) is 1. The van der Waals surface area contributed by atoms with E-state index < -0.39 is 0 Å². The molecule has 0 saturated heterocycles. The van der Waals surface area contributed by atoms with E-state index >= 15 is 0 Å². The Bertz CT molecular complexity index is 593. The van der Waals surface area contributed by atoms with Crippen molar-refractivity contribution in [3.05, 3.63) is 52.0 Å². The molecule has 0 amide bonds. The van der Waals surface area contributed by atoms with Crippen LogP contribution in [-0.2, 0) is 6.54 Å². The van der Waals surface area contributed by atoms with Crippen LogP contribution in [0.15, 0.2) is 30.7 Å². The molecule has 0 aliphatic rings. The fourth-order valence-electron chi connectivity index (χ4n) is 2.30. The van der Waals surface area contributed by atoms with E-state index in [4.69, 9.17) is 23.2 Å². The molecule has 21 heavy (non-hydrogen) atoms. The smallest absolute Gasteiger partial charge is 0.0954 e. The van der Waals surface area contributed by atoms with E-state index in [0.717, 1.165) is 24.3 Å². The number of nitrogens with zero attached hydrogens (tertiary/aromatic N) is 2. The number of benzene rings is 1. The lowest BCUT2D eigenvalue weighted by molar-refractivity contribution is 0.525. The van der Waals surface area contributed by atoms with Crippen molar-refractivity contribution in [3.63, 3.8) is 0 Å². The van der Waals surface area contributed by atoms with Crippen LogP contribution in [0.1, 0.15) is 38.1 Å². The fraction of sp³-hybridized carbons (Fsp3) is 0.438. The molecule has 1 aromatic heterocycles. The molecule has 1 aromatic carbocycles. The van der Waals surface area contributed by atoms with E-state index in [2.05, 4.69) is 35.6 Å². The van der Waals surface area contributed by atoms with Gasteiger partial charge >= 0.3 is 0 Å². The van der Waals surface area contributed by atoms with Gasteiger partial charge < -0.3 is 9.88 Å². The van der Waals surface area contributed by atoms with Crippen LogP contribution in [0.3, 0.4) is 0 Å². The largest absolute Gasteiger partial charge is 0.326 e. The van der Waals surface area contributed by atoms with Crippen LogP contribution in [0.2, 0.25) is 10.0 Å². The lowest BCUT2D eigenvalue weighted by Crippen LogP contribution is -2.21. The summed E-state index contributed by atoms with van der Waals surface area (Å²) in [6, 6.07) is 5.74. The maximum atomic E-state index is 6.31. The van der Waals surface area contributed by atoms with Crippen LogP contribution < -0.4 is 5.32 Å². The Kier molecular flexibility index (Phi) is 5.68. The van der Waals surface area contributed by atoms with Gasteiger partial charge in [0.05, 0.1) is 18.1 Å². The zero-order valence-corrected chi connectivity index (χ0v) is 14.1. The number of imidazole rings is 1. The zero-order chi connectivity index (χ0) is 15.4. The normalized spacial score (nSPS) is 12.9. The fourth-order valence-corrected chi connectivity index (χ4v) is 2.86. The van der Waals surface area contributed by atoms with Gasteiger partial charge in [0.2, 0.25) is 0 Å².